The number of nitrogens with zero attached hydrogens (tertiary/aromatic N) is 1. The Hall–Kier alpha value is -0.0900. The molecule has 2 unspecified atom stereocenters. The van der Waals surface area contributed by atoms with Crippen LogP contribution in [0.15, 0.2) is 16.8 Å². The highest BCUT2D eigenvalue weighted by Gasteiger charge is 2.25. The van der Waals surface area contributed by atoms with Gasteiger partial charge in [0.1, 0.15) is 0 Å². The number of hydrogen-bond donors (Lipinski definition) is 0. The Kier molecular flexibility index (Phi) is 4.03. The highest BCUT2D eigenvalue weighted by Crippen LogP contribution is 2.17. The van der Waals surface area contributed by atoms with Gasteiger partial charge in [-0.25, -0.2) is 0 Å². The largest absolute Gasteiger partial charge is 0.374 e. The van der Waals surface area contributed by atoms with Crippen molar-refractivity contribution in [2.75, 3.05) is 19.0 Å². The molecule has 0 spiro atoms. The molecular weight excluding hydrogens is 230 g/mol. The van der Waals surface area contributed by atoms with Crippen molar-refractivity contribution in [3.63, 3.8) is 0 Å². The Bertz CT molecular complexity index is 291. The first-order chi connectivity index (χ1) is 7.29. The van der Waals surface area contributed by atoms with E-state index in [1.807, 2.05) is 0 Å². The Morgan fingerprint density at radius 2 is 2.53 bits per heavy atom. The lowest BCUT2D eigenvalue weighted by atomic mass is 10.2. The van der Waals surface area contributed by atoms with E-state index >= 15 is 0 Å². The van der Waals surface area contributed by atoms with Crippen molar-refractivity contribution >= 4 is 22.9 Å². The molecule has 84 valence electrons. The Morgan fingerprint density at radius 3 is 3.20 bits per heavy atom. The van der Waals surface area contributed by atoms with E-state index in [1.54, 1.807) is 11.3 Å². The molecule has 1 aromatic rings. The molecule has 0 saturated carbocycles. The molecule has 0 N–H and O–H groups in total. The fourth-order valence-electron chi connectivity index (χ4n) is 1.81. The van der Waals surface area contributed by atoms with E-state index in [0.717, 1.165) is 19.7 Å². The molecule has 4 heteroatoms. The molecule has 2 heterocycles. The lowest BCUT2D eigenvalue weighted by Crippen LogP contribution is -2.48. The highest BCUT2D eigenvalue weighted by atomic mass is 35.5. The van der Waals surface area contributed by atoms with Crippen LogP contribution in [0.25, 0.3) is 0 Å². The Labute approximate surface area is 99.8 Å². The van der Waals surface area contributed by atoms with Crippen LogP contribution in [0.4, 0.5) is 0 Å². The summed E-state index contributed by atoms with van der Waals surface area (Å²) in [5.74, 6) is 0.590. The van der Waals surface area contributed by atoms with Crippen molar-refractivity contribution < 1.29 is 4.74 Å². The fourth-order valence-corrected chi connectivity index (χ4v) is 2.65. The zero-order chi connectivity index (χ0) is 10.7. The molecule has 0 bridgehead atoms. The molecular formula is C11H16ClNOS. The third-order valence-corrected chi connectivity index (χ3v) is 3.85. The van der Waals surface area contributed by atoms with Crippen LogP contribution in [-0.2, 0) is 11.3 Å². The average Bonchev–Trinajstić information content (AvgIpc) is 2.74. The van der Waals surface area contributed by atoms with Gasteiger partial charge in [-0.3, -0.25) is 4.90 Å². The molecule has 0 amide bonds. The molecule has 0 aromatic carbocycles. The van der Waals surface area contributed by atoms with E-state index in [4.69, 9.17) is 16.3 Å². The van der Waals surface area contributed by atoms with Gasteiger partial charge in [0, 0.05) is 25.0 Å². The summed E-state index contributed by atoms with van der Waals surface area (Å²) in [7, 11) is 0. The van der Waals surface area contributed by atoms with Gasteiger partial charge in [0.15, 0.2) is 0 Å². The maximum atomic E-state index is 5.83. The summed E-state index contributed by atoms with van der Waals surface area (Å²) in [4.78, 5) is 2.44. The van der Waals surface area contributed by atoms with Crippen molar-refractivity contribution in [2.24, 2.45) is 0 Å². The fraction of sp³-hybridized carbons (Fsp3) is 0.636. The van der Waals surface area contributed by atoms with Gasteiger partial charge in [0.25, 0.3) is 0 Å². The number of thiophene rings is 1. The van der Waals surface area contributed by atoms with Crippen LogP contribution in [0.2, 0.25) is 0 Å². The quantitative estimate of drug-likeness (QED) is 0.759. The van der Waals surface area contributed by atoms with Crippen LogP contribution < -0.4 is 0 Å². The van der Waals surface area contributed by atoms with Gasteiger partial charge in [-0.15, -0.1) is 11.6 Å². The lowest BCUT2D eigenvalue weighted by molar-refractivity contribution is -0.0510. The van der Waals surface area contributed by atoms with Crippen LogP contribution >= 0.6 is 22.9 Å². The highest BCUT2D eigenvalue weighted by molar-refractivity contribution is 7.07. The third kappa shape index (κ3) is 2.94. The van der Waals surface area contributed by atoms with Crippen molar-refractivity contribution in [1.82, 2.24) is 4.90 Å². The summed E-state index contributed by atoms with van der Waals surface area (Å²) in [6.45, 7) is 4.96. The monoisotopic (exact) mass is 245 g/mol. The summed E-state index contributed by atoms with van der Waals surface area (Å²) in [5.41, 5.74) is 1.39. The standard InChI is InChI=1S/C11H16ClNOS/c1-9-7-14-11(4-12)6-13(9)5-10-2-3-15-8-10/h2-3,8-9,11H,4-7H2,1H3. The predicted molar refractivity (Wildman–Crippen MR) is 64.7 cm³/mol. The minimum absolute atomic E-state index is 0.196. The lowest BCUT2D eigenvalue weighted by Gasteiger charge is -2.37. The first kappa shape index (κ1) is 11.4. The second-order valence-corrected chi connectivity index (χ2v) is 5.11. The van der Waals surface area contributed by atoms with Crippen molar-refractivity contribution in [2.45, 2.75) is 25.6 Å². The normalized spacial score (nSPS) is 28.1. The number of hydrogen-bond acceptors (Lipinski definition) is 3. The first-order valence-corrected chi connectivity index (χ1v) is 6.70. The molecule has 1 fully saturated rings. The summed E-state index contributed by atoms with van der Waals surface area (Å²) < 4.78 is 5.62. The summed E-state index contributed by atoms with van der Waals surface area (Å²) in [6.07, 6.45) is 0.196. The SMILES string of the molecule is CC1COC(CCl)CN1Cc1ccsc1. The molecule has 2 rings (SSSR count). The van der Waals surface area contributed by atoms with Gasteiger partial charge in [-0.05, 0) is 29.3 Å². The van der Waals surface area contributed by atoms with Crippen molar-refractivity contribution in [3.05, 3.63) is 22.4 Å². The first-order valence-electron chi connectivity index (χ1n) is 5.22. The second kappa shape index (κ2) is 5.30. The van der Waals surface area contributed by atoms with Crippen LogP contribution in [0.5, 0.6) is 0 Å². The van der Waals surface area contributed by atoms with Gasteiger partial charge < -0.3 is 4.74 Å². The van der Waals surface area contributed by atoms with E-state index in [9.17, 15) is 0 Å². The van der Waals surface area contributed by atoms with E-state index in [-0.39, 0.29) is 6.10 Å². The van der Waals surface area contributed by atoms with Crippen LogP contribution in [-0.4, -0.2) is 36.1 Å². The van der Waals surface area contributed by atoms with Crippen LogP contribution in [0.1, 0.15) is 12.5 Å². The van der Waals surface area contributed by atoms with Crippen LogP contribution in [0, 0.1) is 0 Å². The van der Waals surface area contributed by atoms with Crippen molar-refractivity contribution in [3.8, 4) is 0 Å². The zero-order valence-electron chi connectivity index (χ0n) is 8.86. The van der Waals surface area contributed by atoms with E-state index < -0.39 is 0 Å². The Morgan fingerprint density at radius 1 is 1.67 bits per heavy atom. The average molecular weight is 246 g/mol. The van der Waals surface area contributed by atoms with Gasteiger partial charge in [0.05, 0.1) is 12.7 Å². The molecule has 0 aliphatic carbocycles. The molecule has 15 heavy (non-hydrogen) atoms. The number of halogens is 1. The predicted octanol–water partition coefficient (Wildman–Crippen LogP) is 2.58. The van der Waals surface area contributed by atoms with Crippen LogP contribution in [0.3, 0.4) is 0 Å². The zero-order valence-corrected chi connectivity index (χ0v) is 10.4. The topological polar surface area (TPSA) is 12.5 Å². The molecule has 1 aromatic heterocycles. The van der Waals surface area contributed by atoms with Gasteiger partial charge in [0.2, 0.25) is 0 Å². The molecule has 2 atom stereocenters. The van der Waals surface area contributed by atoms with E-state index in [1.165, 1.54) is 5.56 Å². The van der Waals surface area contributed by atoms with Gasteiger partial charge in [-0.2, -0.15) is 11.3 Å². The maximum Gasteiger partial charge on any atom is 0.0838 e. The van der Waals surface area contributed by atoms with Gasteiger partial charge in [-0.1, -0.05) is 0 Å². The summed E-state index contributed by atoms with van der Waals surface area (Å²) in [5, 5.41) is 4.33. The summed E-state index contributed by atoms with van der Waals surface area (Å²) >= 11 is 7.58. The van der Waals surface area contributed by atoms with E-state index in [2.05, 4.69) is 28.7 Å². The Balaban J connectivity index is 1.94. The van der Waals surface area contributed by atoms with Gasteiger partial charge >= 0.3 is 0 Å². The minimum atomic E-state index is 0.196. The van der Waals surface area contributed by atoms with Crippen molar-refractivity contribution in [1.29, 1.82) is 0 Å². The molecule has 1 aliphatic rings. The summed E-state index contributed by atoms with van der Waals surface area (Å²) in [6, 6.07) is 2.67. The number of alkyl halides is 1. The molecule has 2 nitrogen and oxygen atoms in total. The molecule has 0 radical (unpaired) electrons. The second-order valence-electron chi connectivity index (χ2n) is 4.02. The third-order valence-electron chi connectivity index (χ3n) is 2.77. The van der Waals surface area contributed by atoms with E-state index in [0.29, 0.717) is 11.9 Å². The maximum absolute atomic E-state index is 5.83. The molecule has 1 saturated heterocycles. The number of rotatable bonds is 3. The smallest absolute Gasteiger partial charge is 0.0838 e. The molecule has 1 aliphatic heterocycles. The minimum Gasteiger partial charge on any atom is -0.374 e. The number of ether oxygens (including phenoxy) is 1. The number of morpholine rings is 1.